The summed E-state index contributed by atoms with van der Waals surface area (Å²) in [5.41, 5.74) is 3.29. The van der Waals surface area contributed by atoms with Crippen molar-refractivity contribution in [2.75, 3.05) is 10.7 Å². The summed E-state index contributed by atoms with van der Waals surface area (Å²) in [5, 5.41) is 9.19. The largest absolute Gasteiger partial charge is 0.447 e. The van der Waals surface area contributed by atoms with E-state index in [2.05, 4.69) is 22.1 Å². The predicted octanol–water partition coefficient (Wildman–Crippen LogP) is 5.32. The minimum atomic E-state index is -0.888. The van der Waals surface area contributed by atoms with E-state index in [1.54, 1.807) is 12.1 Å². The molecule has 0 bridgehead atoms. The normalized spacial score (nSPS) is 15.0. The van der Waals surface area contributed by atoms with Crippen molar-refractivity contribution in [3.63, 3.8) is 0 Å². The second kappa shape index (κ2) is 9.01. The molecule has 1 aromatic heterocycles. The van der Waals surface area contributed by atoms with Gasteiger partial charge in [0.05, 0.1) is 5.69 Å². The third kappa shape index (κ3) is 4.39. The molecule has 0 N–H and O–H groups in total. The number of benzene rings is 2. The first kappa shape index (κ1) is 21.2. The van der Waals surface area contributed by atoms with Gasteiger partial charge in [0.1, 0.15) is 5.82 Å². The highest BCUT2D eigenvalue weighted by Gasteiger charge is 2.34. The molecule has 3 aromatic rings. The average Bonchev–Trinajstić information content (AvgIpc) is 2.88. The van der Waals surface area contributed by atoms with Gasteiger partial charge in [-0.25, -0.2) is 4.39 Å². The predicted molar refractivity (Wildman–Crippen MR) is 119 cm³/mol. The molecule has 1 aliphatic rings. The number of anilines is 1. The van der Waals surface area contributed by atoms with E-state index in [9.17, 15) is 9.18 Å². The molecule has 1 atom stereocenters. The maximum Gasteiger partial charge on any atom is 0.247 e. The summed E-state index contributed by atoms with van der Waals surface area (Å²) >= 11 is 1.51. The quantitative estimate of drug-likeness (QED) is 0.397. The first-order valence-corrected chi connectivity index (χ1v) is 11.2. The van der Waals surface area contributed by atoms with E-state index >= 15 is 0 Å². The number of aryl methyl sites for hydroxylation is 1. The lowest BCUT2D eigenvalue weighted by molar-refractivity contribution is -0.118. The summed E-state index contributed by atoms with van der Waals surface area (Å²) in [6, 6.07) is 11.7. The molecular weight excluding hydrogens is 415 g/mol. The number of rotatable bonds is 5. The smallest absolute Gasteiger partial charge is 0.247 e. The zero-order valence-corrected chi connectivity index (χ0v) is 18.4. The summed E-state index contributed by atoms with van der Waals surface area (Å²) in [6.07, 6.45) is 1.22. The lowest BCUT2D eigenvalue weighted by Gasteiger charge is -2.30. The molecule has 1 aliphatic heterocycles. The van der Waals surface area contributed by atoms with Gasteiger partial charge in [0.15, 0.2) is 5.69 Å². The maximum absolute atomic E-state index is 14.0. The van der Waals surface area contributed by atoms with Crippen molar-refractivity contribution >= 4 is 23.4 Å². The highest BCUT2D eigenvalue weighted by Crippen LogP contribution is 2.43. The molecule has 6 nitrogen and oxygen atoms in total. The first-order valence-electron chi connectivity index (χ1n) is 10.2. The van der Waals surface area contributed by atoms with Crippen molar-refractivity contribution in [3.05, 3.63) is 59.4 Å². The molecule has 4 rings (SSSR count). The number of amides is 1. The van der Waals surface area contributed by atoms with Crippen LogP contribution in [0, 0.1) is 12.7 Å². The standard InChI is InChI=1S/C23H23FN4O2S/c1-4-5-11-31-23-25-21-20(26-27-23)18-12-14(2)9-10-19(18)28(15(3)29)22(30-21)16-7-6-8-17(24)13-16/h6-10,12-13,22H,4-5,11H2,1-3H3/t22-/m0/s1. The van der Waals surface area contributed by atoms with Crippen molar-refractivity contribution in [2.24, 2.45) is 0 Å². The van der Waals surface area contributed by atoms with E-state index in [1.165, 1.54) is 35.7 Å². The van der Waals surface area contributed by atoms with E-state index < -0.39 is 12.0 Å². The summed E-state index contributed by atoms with van der Waals surface area (Å²) < 4.78 is 20.3. The van der Waals surface area contributed by atoms with Gasteiger partial charge in [0.25, 0.3) is 0 Å². The van der Waals surface area contributed by atoms with Crippen LogP contribution >= 0.6 is 11.8 Å². The number of unbranched alkanes of at least 4 members (excludes halogenated alkanes) is 1. The van der Waals surface area contributed by atoms with Crippen LogP contribution in [0.2, 0.25) is 0 Å². The van der Waals surface area contributed by atoms with Crippen molar-refractivity contribution in [1.82, 2.24) is 15.2 Å². The molecule has 0 spiro atoms. The van der Waals surface area contributed by atoms with Gasteiger partial charge in [0, 0.05) is 23.8 Å². The number of aromatic nitrogens is 3. The minimum absolute atomic E-state index is 0.238. The first-order chi connectivity index (χ1) is 15.0. The van der Waals surface area contributed by atoms with Crippen molar-refractivity contribution < 1.29 is 13.9 Å². The zero-order chi connectivity index (χ0) is 22.0. The molecule has 0 radical (unpaired) electrons. The number of halogens is 1. The van der Waals surface area contributed by atoms with Gasteiger partial charge in [-0.2, -0.15) is 4.98 Å². The molecule has 0 fully saturated rings. The molecule has 0 saturated heterocycles. The molecule has 0 aliphatic carbocycles. The SMILES string of the molecule is CCCCSc1nnc2c(n1)O[C@@H](c1cccc(F)c1)N(C(C)=O)c1ccc(C)cc1-2. The van der Waals surface area contributed by atoms with Crippen LogP contribution in [0.25, 0.3) is 11.3 Å². The number of carbonyl (C=O) groups is 1. The summed E-state index contributed by atoms with van der Waals surface area (Å²) in [6.45, 7) is 5.54. The molecule has 2 heterocycles. The summed E-state index contributed by atoms with van der Waals surface area (Å²) in [5.74, 6) is 0.505. The van der Waals surface area contributed by atoms with Gasteiger partial charge in [0.2, 0.25) is 23.2 Å². The molecule has 1 amide bonds. The second-order valence-corrected chi connectivity index (χ2v) is 8.45. The van der Waals surface area contributed by atoms with Crippen LogP contribution < -0.4 is 9.64 Å². The van der Waals surface area contributed by atoms with E-state index in [0.29, 0.717) is 27.7 Å². The average molecular weight is 439 g/mol. The minimum Gasteiger partial charge on any atom is -0.447 e. The number of thioether (sulfide) groups is 1. The highest BCUT2D eigenvalue weighted by molar-refractivity contribution is 7.99. The van der Waals surface area contributed by atoms with Crippen LogP contribution in [-0.4, -0.2) is 26.8 Å². The number of hydrogen-bond donors (Lipinski definition) is 0. The fraction of sp³-hybridized carbons (Fsp3) is 0.304. The molecule has 31 heavy (non-hydrogen) atoms. The zero-order valence-electron chi connectivity index (χ0n) is 17.6. The van der Waals surface area contributed by atoms with Crippen molar-refractivity contribution in [1.29, 1.82) is 0 Å². The molecule has 0 unspecified atom stereocenters. The number of hydrogen-bond acceptors (Lipinski definition) is 6. The Bertz CT molecular complexity index is 1120. The van der Waals surface area contributed by atoms with Crippen molar-refractivity contribution in [3.8, 4) is 17.1 Å². The van der Waals surface area contributed by atoms with E-state index in [1.807, 2.05) is 25.1 Å². The number of carbonyl (C=O) groups excluding carboxylic acids is 1. The molecular formula is C23H23FN4O2S. The van der Waals surface area contributed by atoms with Gasteiger partial charge in [-0.05, 0) is 37.6 Å². The molecule has 160 valence electrons. The van der Waals surface area contributed by atoms with Crippen molar-refractivity contribution in [2.45, 2.75) is 45.0 Å². The van der Waals surface area contributed by atoms with Crippen LogP contribution in [0.5, 0.6) is 5.88 Å². The monoisotopic (exact) mass is 438 g/mol. The molecule has 2 aromatic carbocycles. The third-order valence-electron chi connectivity index (χ3n) is 4.96. The summed E-state index contributed by atoms with van der Waals surface area (Å²) in [4.78, 5) is 18.9. The van der Waals surface area contributed by atoms with E-state index in [-0.39, 0.29) is 11.8 Å². The van der Waals surface area contributed by atoms with Crippen LogP contribution in [0.1, 0.15) is 44.0 Å². The van der Waals surface area contributed by atoms with Gasteiger partial charge >= 0.3 is 0 Å². The fourth-order valence-electron chi connectivity index (χ4n) is 3.46. The van der Waals surface area contributed by atoms with Crippen LogP contribution in [0.4, 0.5) is 10.1 Å². The Kier molecular flexibility index (Phi) is 6.18. The Balaban J connectivity index is 1.89. The highest BCUT2D eigenvalue weighted by atomic mass is 32.2. The Morgan fingerprint density at radius 3 is 2.81 bits per heavy atom. The van der Waals surface area contributed by atoms with Gasteiger partial charge in [-0.15, -0.1) is 10.2 Å². The Hall–Kier alpha value is -3.00. The Labute approximate surface area is 184 Å². The number of ether oxygens (including phenoxy) is 1. The topological polar surface area (TPSA) is 68.2 Å². The van der Waals surface area contributed by atoms with Gasteiger partial charge in [-0.3, -0.25) is 9.69 Å². The number of nitrogens with zero attached hydrogens (tertiary/aromatic N) is 4. The maximum atomic E-state index is 14.0. The lowest BCUT2D eigenvalue weighted by Crippen LogP contribution is -2.36. The summed E-state index contributed by atoms with van der Waals surface area (Å²) in [7, 11) is 0. The molecule has 0 saturated carbocycles. The fourth-order valence-corrected chi connectivity index (χ4v) is 4.33. The number of fused-ring (bicyclic) bond motifs is 3. The second-order valence-electron chi connectivity index (χ2n) is 7.38. The lowest BCUT2D eigenvalue weighted by atomic mass is 10.0. The van der Waals surface area contributed by atoms with Crippen LogP contribution in [0.15, 0.2) is 47.6 Å². The van der Waals surface area contributed by atoms with E-state index in [0.717, 1.165) is 24.2 Å². The van der Waals surface area contributed by atoms with Crippen LogP contribution in [-0.2, 0) is 4.79 Å². The van der Waals surface area contributed by atoms with Gasteiger partial charge < -0.3 is 4.74 Å². The van der Waals surface area contributed by atoms with Gasteiger partial charge in [-0.1, -0.05) is 48.9 Å². The third-order valence-corrected chi connectivity index (χ3v) is 5.89. The van der Waals surface area contributed by atoms with E-state index in [4.69, 9.17) is 4.74 Å². The molecule has 8 heteroatoms. The Morgan fingerprint density at radius 2 is 2.06 bits per heavy atom. The Morgan fingerprint density at radius 1 is 1.23 bits per heavy atom. The van der Waals surface area contributed by atoms with Crippen LogP contribution in [0.3, 0.4) is 0 Å².